The molecule has 0 aromatic heterocycles. The molecule has 1 rings (SSSR count). The van der Waals surface area contributed by atoms with Crippen molar-refractivity contribution in [3.8, 4) is 0 Å². The van der Waals surface area contributed by atoms with Crippen molar-refractivity contribution in [2.45, 2.75) is 77.8 Å². The fourth-order valence-electron chi connectivity index (χ4n) is 1.79. The molecule has 0 fully saturated rings. The Balaban J connectivity index is 3.28. The zero-order chi connectivity index (χ0) is 20.7. The highest BCUT2D eigenvalue weighted by molar-refractivity contribution is 6.83. The predicted molar refractivity (Wildman–Crippen MR) is 120 cm³/mol. The van der Waals surface area contributed by atoms with Crippen LogP contribution in [0.1, 0.15) is 51.9 Å². The molecular weight excluding hydrogens is 401 g/mol. The highest BCUT2D eigenvalue weighted by atomic mass is 35.5. The highest BCUT2D eigenvalue weighted by Crippen LogP contribution is 2.41. The summed E-state index contributed by atoms with van der Waals surface area (Å²) >= 11 is 12.9. The van der Waals surface area contributed by atoms with Crippen molar-refractivity contribution in [3.63, 3.8) is 0 Å². The fraction of sp³-hybridized carbons (Fsp3) is 0.632. The number of benzene rings is 1. The third-order valence-corrected chi connectivity index (χ3v) is 15.3. The van der Waals surface area contributed by atoms with E-state index in [0.29, 0.717) is 21.3 Å². The smallest absolute Gasteiger partial charge is 0.326 e. The second kappa shape index (κ2) is 7.49. The van der Waals surface area contributed by atoms with E-state index in [1.807, 2.05) is 13.1 Å². The normalized spacial score (nSPS) is 13.5. The minimum atomic E-state index is -2.25. The van der Waals surface area contributed by atoms with Crippen LogP contribution in [-0.2, 0) is 4.43 Å². The summed E-state index contributed by atoms with van der Waals surface area (Å²) in [6, 6.07) is 3.38. The molecule has 0 heterocycles. The van der Waals surface area contributed by atoms with E-state index < -0.39 is 22.5 Å². The van der Waals surface area contributed by atoms with E-state index in [2.05, 4.69) is 59.6 Å². The maximum atomic E-state index is 12.8. The molecule has 0 radical (unpaired) electrons. The standard InChI is InChI=1S/C19H33Cl2NO2Si2/c1-18(2,3)25(7,8)22-15-12-13(20)11-14(16(15)21)17(23)24-26(9,10)19(4,5)6/h11-12,22H,1-10H3. The summed E-state index contributed by atoms with van der Waals surface area (Å²) < 4.78 is 5.92. The lowest BCUT2D eigenvalue weighted by molar-refractivity contribution is 0.0713. The van der Waals surface area contributed by atoms with Crippen molar-refractivity contribution in [2.24, 2.45) is 0 Å². The maximum Gasteiger partial charge on any atom is 0.326 e. The molecule has 0 unspecified atom stereocenters. The first kappa shape index (κ1) is 23.5. The monoisotopic (exact) mass is 433 g/mol. The second-order valence-corrected chi connectivity index (χ2v) is 20.5. The second-order valence-electron chi connectivity index (χ2n) is 9.96. The number of rotatable bonds is 4. The number of carbonyl (C=O) groups excluding carboxylic acids is 1. The van der Waals surface area contributed by atoms with Crippen molar-refractivity contribution < 1.29 is 9.22 Å². The average Bonchev–Trinajstić information content (AvgIpc) is 2.38. The van der Waals surface area contributed by atoms with Crippen LogP contribution in [0.4, 0.5) is 5.69 Å². The summed E-state index contributed by atoms with van der Waals surface area (Å²) in [5.41, 5.74) is 1.03. The average molecular weight is 435 g/mol. The van der Waals surface area contributed by atoms with Crippen molar-refractivity contribution >= 4 is 51.4 Å². The van der Waals surface area contributed by atoms with Crippen molar-refractivity contribution in [1.82, 2.24) is 0 Å². The number of hydrogen-bond acceptors (Lipinski definition) is 3. The Kier molecular flexibility index (Phi) is 6.78. The van der Waals surface area contributed by atoms with Gasteiger partial charge in [0, 0.05) is 10.7 Å². The number of halogens is 2. The Morgan fingerprint density at radius 3 is 1.88 bits per heavy atom. The zero-order valence-corrected chi connectivity index (χ0v) is 21.2. The van der Waals surface area contributed by atoms with E-state index in [1.54, 1.807) is 12.1 Å². The molecule has 0 atom stereocenters. The summed E-state index contributed by atoms with van der Waals surface area (Å²) in [5, 5.41) is 0.886. The molecule has 3 nitrogen and oxygen atoms in total. The zero-order valence-electron chi connectivity index (χ0n) is 17.7. The lowest BCUT2D eigenvalue weighted by Gasteiger charge is -2.38. The van der Waals surface area contributed by atoms with Gasteiger partial charge in [0.15, 0.2) is 8.24 Å². The van der Waals surface area contributed by atoms with Crippen LogP contribution in [0.5, 0.6) is 0 Å². The molecule has 1 aromatic rings. The molecular formula is C19H33Cl2NO2Si2. The van der Waals surface area contributed by atoms with Crippen LogP contribution < -0.4 is 4.98 Å². The summed E-state index contributed by atoms with van der Waals surface area (Å²) in [4.78, 5) is 16.4. The Morgan fingerprint density at radius 2 is 1.46 bits per heavy atom. The SMILES string of the molecule is CC(C)(C)[Si](C)(C)Nc1cc(Cl)cc(C(=O)O[Si](C)(C)C(C)(C)C)c1Cl. The molecule has 0 spiro atoms. The van der Waals surface area contributed by atoms with Crippen LogP contribution in [0.3, 0.4) is 0 Å². The van der Waals surface area contributed by atoms with Crippen molar-refractivity contribution in [3.05, 3.63) is 27.7 Å². The van der Waals surface area contributed by atoms with Gasteiger partial charge in [0.25, 0.3) is 8.32 Å². The molecule has 0 aliphatic carbocycles. The maximum absolute atomic E-state index is 12.8. The van der Waals surface area contributed by atoms with Gasteiger partial charge in [0.1, 0.15) is 0 Å². The summed E-state index contributed by atoms with van der Waals surface area (Å²) in [7, 11) is -4.12. The largest absolute Gasteiger partial charge is 0.516 e. The summed E-state index contributed by atoms with van der Waals surface area (Å²) in [6.07, 6.45) is 0. The quantitative estimate of drug-likeness (QED) is 0.497. The first-order chi connectivity index (χ1) is 11.4. The molecule has 26 heavy (non-hydrogen) atoms. The van der Waals surface area contributed by atoms with Crippen LogP contribution in [0.15, 0.2) is 12.1 Å². The van der Waals surface area contributed by atoms with E-state index in [1.165, 1.54) is 0 Å². The molecule has 1 N–H and O–H groups in total. The van der Waals surface area contributed by atoms with Gasteiger partial charge in [-0.2, -0.15) is 0 Å². The van der Waals surface area contributed by atoms with E-state index in [0.717, 1.165) is 0 Å². The predicted octanol–water partition coefficient (Wildman–Crippen LogP) is 7.57. The Hall–Kier alpha value is -0.496. The van der Waals surface area contributed by atoms with Gasteiger partial charge in [-0.05, 0) is 35.3 Å². The van der Waals surface area contributed by atoms with Gasteiger partial charge in [-0.1, -0.05) is 77.8 Å². The Bertz CT molecular complexity index is 690. The molecule has 1 aromatic carbocycles. The van der Waals surface area contributed by atoms with Crippen LogP contribution in [0, 0.1) is 0 Å². The molecule has 0 saturated heterocycles. The van der Waals surface area contributed by atoms with Crippen LogP contribution in [-0.4, -0.2) is 22.5 Å². The summed E-state index contributed by atoms with van der Waals surface area (Å²) in [6.45, 7) is 21.4. The minimum absolute atomic E-state index is 0.0735. The minimum Gasteiger partial charge on any atom is -0.516 e. The lowest BCUT2D eigenvalue weighted by Crippen LogP contribution is -2.46. The summed E-state index contributed by atoms with van der Waals surface area (Å²) in [5.74, 6) is -0.401. The fourth-order valence-corrected chi connectivity index (χ4v) is 4.45. The molecule has 7 heteroatoms. The van der Waals surface area contributed by atoms with Gasteiger partial charge >= 0.3 is 5.97 Å². The van der Waals surface area contributed by atoms with E-state index in [9.17, 15) is 4.79 Å². The number of hydrogen-bond donors (Lipinski definition) is 1. The third kappa shape index (κ3) is 5.27. The molecule has 0 saturated carbocycles. The van der Waals surface area contributed by atoms with Crippen LogP contribution in [0.2, 0.25) is 46.3 Å². The molecule has 0 aliphatic rings. The number of carbonyl (C=O) groups is 1. The Morgan fingerprint density at radius 1 is 0.962 bits per heavy atom. The van der Waals surface area contributed by atoms with Crippen LogP contribution in [0.25, 0.3) is 0 Å². The van der Waals surface area contributed by atoms with Crippen molar-refractivity contribution in [1.29, 1.82) is 0 Å². The van der Waals surface area contributed by atoms with Crippen molar-refractivity contribution in [2.75, 3.05) is 4.98 Å². The van der Waals surface area contributed by atoms with Gasteiger partial charge in [-0.15, -0.1) is 0 Å². The van der Waals surface area contributed by atoms with Gasteiger partial charge in [-0.3, -0.25) is 0 Å². The lowest BCUT2D eigenvalue weighted by atomic mass is 10.2. The van der Waals surface area contributed by atoms with E-state index in [-0.39, 0.29) is 10.1 Å². The van der Waals surface area contributed by atoms with E-state index >= 15 is 0 Å². The molecule has 148 valence electrons. The first-order valence-electron chi connectivity index (χ1n) is 8.90. The van der Waals surface area contributed by atoms with E-state index in [4.69, 9.17) is 27.6 Å². The first-order valence-corrected chi connectivity index (χ1v) is 15.6. The molecule has 0 amide bonds. The highest BCUT2D eigenvalue weighted by Gasteiger charge is 2.41. The number of nitrogens with one attached hydrogen (secondary N) is 1. The topological polar surface area (TPSA) is 38.3 Å². The van der Waals surface area contributed by atoms with Gasteiger partial charge in [0.2, 0.25) is 0 Å². The Labute approximate surface area is 171 Å². The van der Waals surface area contributed by atoms with Crippen LogP contribution >= 0.6 is 23.2 Å². The van der Waals surface area contributed by atoms with Gasteiger partial charge in [0.05, 0.1) is 10.6 Å². The third-order valence-electron chi connectivity index (χ3n) is 5.73. The molecule has 0 bridgehead atoms. The molecule has 0 aliphatic heterocycles. The number of anilines is 1. The van der Waals surface area contributed by atoms with Gasteiger partial charge in [-0.25, -0.2) is 4.79 Å². The van der Waals surface area contributed by atoms with Gasteiger partial charge < -0.3 is 9.41 Å².